The minimum atomic E-state index is -0.00855. The van der Waals surface area contributed by atoms with Crippen LogP contribution in [0.1, 0.15) is 36.8 Å². The summed E-state index contributed by atoms with van der Waals surface area (Å²) in [6.07, 6.45) is 8.24. The highest BCUT2D eigenvalue weighted by molar-refractivity contribution is 7.98. The van der Waals surface area contributed by atoms with E-state index in [1.54, 1.807) is 36.7 Å². The summed E-state index contributed by atoms with van der Waals surface area (Å²) in [5.41, 5.74) is 2.38. The largest absolute Gasteiger partial charge is 0.392 e. The Hall–Kier alpha value is -2.36. The summed E-state index contributed by atoms with van der Waals surface area (Å²) in [5.74, 6) is 6.10. The Morgan fingerprint density at radius 3 is 2.56 bits per heavy atom. The first-order valence-electron chi connectivity index (χ1n) is 8.06. The number of unbranched alkanes of at least 4 members (excludes halogenated alkanes) is 2. The first-order chi connectivity index (χ1) is 12.2. The lowest BCUT2D eigenvalue weighted by Crippen LogP contribution is -2.10. The minimum absolute atomic E-state index is 0.00307. The highest BCUT2D eigenvalue weighted by Crippen LogP contribution is 2.11. The molecule has 0 fully saturated rings. The van der Waals surface area contributed by atoms with Gasteiger partial charge in [0.15, 0.2) is 5.16 Å². The van der Waals surface area contributed by atoms with Crippen molar-refractivity contribution < 1.29 is 9.90 Å². The molecule has 0 bridgehead atoms. The predicted octanol–water partition coefficient (Wildman–Crippen LogP) is 3.24. The number of hydrogen-bond donors (Lipinski definition) is 2. The predicted molar refractivity (Wildman–Crippen MR) is 100 cm³/mol. The van der Waals surface area contributed by atoms with E-state index in [1.165, 1.54) is 11.8 Å². The number of rotatable bonds is 7. The summed E-state index contributed by atoms with van der Waals surface area (Å²) < 4.78 is 0. The summed E-state index contributed by atoms with van der Waals surface area (Å²) >= 11 is 1.50. The highest BCUT2D eigenvalue weighted by Gasteiger charge is 2.02. The second kappa shape index (κ2) is 10.5. The number of nitrogens with zero attached hydrogens (tertiary/aromatic N) is 2. The number of thioether (sulfide) groups is 1. The van der Waals surface area contributed by atoms with Crippen LogP contribution in [-0.2, 0) is 11.4 Å². The van der Waals surface area contributed by atoms with E-state index in [0.29, 0.717) is 6.42 Å². The monoisotopic (exact) mass is 355 g/mol. The average molecular weight is 355 g/mol. The van der Waals surface area contributed by atoms with Crippen molar-refractivity contribution in [2.45, 2.75) is 37.4 Å². The van der Waals surface area contributed by atoms with Gasteiger partial charge in [-0.25, -0.2) is 9.97 Å². The summed E-state index contributed by atoms with van der Waals surface area (Å²) in [5, 5.41) is 12.6. The first-order valence-corrected chi connectivity index (χ1v) is 9.28. The summed E-state index contributed by atoms with van der Waals surface area (Å²) in [6, 6.07) is 7.17. The van der Waals surface area contributed by atoms with Crippen molar-refractivity contribution in [1.82, 2.24) is 9.97 Å². The molecule has 2 rings (SSSR count). The normalized spacial score (nSPS) is 10.0. The van der Waals surface area contributed by atoms with Crippen LogP contribution in [0.15, 0.2) is 41.8 Å². The molecular weight excluding hydrogens is 334 g/mol. The molecule has 1 aromatic carbocycles. The molecular formula is C19H21N3O2S. The molecule has 0 radical (unpaired) electrons. The molecule has 0 unspecified atom stereocenters. The fraction of sp³-hybridized carbons (Fsp3) is 0.316. The Bertz CT molecular complexity index is 734. The van der Waals surface area contributed by atoms with Crippen LogP contribution in [0.4, 0.5) is 5.69 Å². The zero-order valence-electron chi connectivity index (χ0n) is 14.2. The molecule has 0 saturated heterocycles. The van der Waals surface area contributed by atoms with Gasteiger partial charge in [-0.1, -0.05) is 35.7 Å². The van der Waals surface area contributed by atoms with Crippen molar-refractivity contribution in [2.75, 3.05) is 11.6 Å². The number of carbonyl (C=O) groups is 1. The number of amides is 1. The topological polar surface area (TPSA) is 75.1 Å². The number of aliphatic hydroxyl groups is 1. The fourth-order valence-electron chi connectivity index (χ4n) is 2.07. The summed E-state index contributed by atoms with van der Waals surface area (Å²) in [6.45, 7) is 0.00307. The van der Waals surface area contributed by atoms with Gasteiger partial charge in [0, 0.05) is 30.9 Å². The van der Waals surface area contributed by atoms with E-state index < -0.39 is 0 Å². The zero-order chi connectivity index (χ0) is 17.9. The van der Waals surface area contributed by atoms with Crippen molar-refractivity contribution in [2.24, 2.45) is 0 Å². The lowest BCUT2D eigenvalue weighted by Gasteiger charge is -2.05. The Balaban J connectivity index is 1.65. The maximum atomic E-state index is 11.9. The van der Waals surface area contributed by atoms with E-state index in [4.69, 9.17) is 5.11 Å². The molecule has 1 amide bonds. The van der Waals surface area contributed by atoms with Gasteiger partial charge in [-0.2, -0.15) is 0 Å². The molecule has 0 aliphatic carbocycles. The minimum Gasteiger partial charge on any atom is -0.392 e. The molecule has 2 N–H and O–H groups in total. The third-order valence-corrected chi connectivity index (χ3v) is 4.00. The zero-order valence-corrected chi connectivity index (χ0v) is 15.0. The standard InChI is InChI=1S/C19H21N3O2S/c1-25-19-20-12-16(13-21-19)6-4-2-3-5-7-18(24)22-17-10-8-15(14-23)9-11-17/h8-13,23H,2-3,5,7,14H2,1H3,(H,22,24). The number of carbonyl (C=O) groups excluding carboxylic acids is 1. The Labute approximate surface area is 152 Å². The Kier molecular flexibility index (Phi) is 7.96. The van der Waals surface area contributed by atoms with E-state index in [-0.39, 0.29) is 12.5 Å². The average Bonchev–Trinajstić information content (AvgIpc) is 2.65. The van der Waals surface area contributed by atoms with Gasteiger partial charge in [-0.3, -0.25) is 4.79 Å². The van der Waals surface area contributed by atoms with Crippen LogP contribution < -0.4 is 5.32 Å². The smallest absolute Gasteiger partial charge is 0.224 e. The number of nitrogens with one attached hydrogen (secondary N) is 1. The van der Waals surface area contributed by atoms with E-state index in [1.807, 2.05) is 6.26 Å². The molecule has 1 heterocycles. The van der Waals surface area contributed by atoms with E-state index in [0.717, 1.165) is 41.2 Å². The second-order valence-electron chi connectivity index (χ2n) is 5.37. The van der Waals surface area contributed by atoms with Crippen LogP contribution in [0.25, 0.3) is 0 Å². The number of aliphatic hydroxyl groups excluding tert-OH is 1. The van der Waals surface area contributed by atoms with Gasteiger partial charge in [0.25, 0.3) is 0 Å². The number of hydrogen-bond acceptors (Lipinski definition) is 5. The van der Waals surface area contributed by atoms with E-state index in [9.17, 15) is 4.79 Å². The van der Waals surface area contributed by atoms with E-state index >= 15 is 0 Å². The molecule has 0 aliphatic heterocycles. The summed E-state index contributed by atoms with van der Waals surface area (Å²) in [7, 11) is 0. The van der Waals surface area contributed by atoms with Crippen LogP contribution in [0.3, 0.4) is 0 Å². The lowest BCUT2D eigenvalue weighted by atomic mass is 10.1. The Morgan fingerprint density at radius 1 is 1.20 bits per heavy atom. The van der Waals surface area contributed by atoms with Crippen LogP contribution >= 0.6 is 11.8 Å². The Morgan fingerprint density at radius 2 is 1.92 bits per heavy atom. The van der Waals surface area contributed by atoms with Crippen LogP contribution in [0, 0.1) is 11.8 Å². The molecule has 1 aromatic heterocycles. The van der Waals surface area contributed by atoms with Gasteiger partial charge < -0.3 is 10.4 Å². The highest BCUT2D eigenvalue weighted by atomic mass is 32.2. The first kappa shape index (κ1) is 19.0. The van der Waals surface area contributed by atoms with Gasteiger partial charge in [0.2, 0.25) is 5.91 Å². The van der Waals surface area contributed by atoms with Gasteiger partial charge in [-0.05, 0) is 36.8 Å². The van der Waals surface area contributed by atoms with Gasteiger partial charge >= 0.3 is 0 Å². The molecule has 2 aromatic rings. The van der Waals surface area contributed by atoms with Gasteiger partial charge in [-0.15, -0.1) is 0 Å². The molecule has 130 valence electrons. The quantitative estimate of drug-likeness (QED) is 0.345. The van der Waals surface area contributed by atoms with Crippen molar-refractivity contribution in [3.63, 3.8) is 0 Å². The van der Waals surface area contributed by atoms with Gasteiger partial charge in [0.1, 0.15) is 0 Å². The van der Waals surface area contributed by atoms with Crippen molar-refractivity contribution >= 4 is 23.4 Å². The SMILES string of the molecule is CSc1ncc(C#CCCCCC(=O)Nc2ccc(CO)cc2)cn1. The van der Waals surface area contributed by atoms with E-state index in [2.05, 4.69) is 27.1 Å². The molecule has 0 atom stereocenters. The van der Waals surface area contributed by atoms with Crippen LogP contribution in [0.2, 0.25) is 0 Å². The summed E-state index contributed by atoms with van der Waals surface area (Å²) in [4.78, 5) is 20.2. The molecule has 6 heteroatoms. The molecule has 0 spiro atoms. The van der Waals surface area contributed by atoms with Crippen molar-refractivity contribution in [3.05, 3.63) is 47.8 Å². The third kappa shape index (κ3) is 6.96. The molecule has 5 nitrogen and oxygen atoms in total. The van der Waals surface area contributed by atoms with Crippen molar-refractivity contribution in [3.8, 4) is 11.8 Å². The second-order valence-corrected chi connectivity index (χ2v) is 6.14. The van der Waals surface area contributed by atoms with Gasteiger partial charge in [0.05, 0.1) is 12.2 Å². The lowest BCUT2D eigenvalue weighted by molar-refractivity contribution is -0.116. The molecule has 0 saturated carbocycles. The third-order valence-electron chi connectivity index (χ3n) is 3.42. The number of benzene rings is 1. The maximum Gasteiger partial charge on any atom is 0.224 e. The molecule has 25 heavy (non-hydrogen) atoms. The van der Waals surface area contributed by atoms with Crippen LogP contribution in [0.5, 0.6) is 0 Å². The fourth-order valence-corrected chi connectivity index (χ4v) is 2.38. The van der Waals surface area contributed by atoms with Crippen molar-refractivity contribution in [1.29, 1.82) is 0 Å². The van der Waals surface area contributed by atoms with Crippen LogP contribution in [-0.4, -0.2) is 27.2 Å². The molecule has 0 aliphatic rings. The number of anilines is 1. The maximum absolute atomic E-state index is 11.9. The number of aromatic nitrogens is 2.